The number of carboxylic acids is 1. The number of aliphatic carboxylic acids is 1. The van der Waals surface area contributed by atoms with Crippen LogP contribution in [0.4, 0.5) is 0 Å². The molecule has 0 bridgehead atoms. The standard InChI is InChI=1S/C29H50O2.C2H4O3/c1-20(2)12-9-13-21(3)14-10-15-22(4)16-11-18-29(8)19-17-26-25(7)27(30)23(5)24(6)28(26)31-29;3-1-2(4)5/h20-22,30H,9-19H2,1-8H3;3H,1H2,(H,4,5)/t21?,22?,29-;/m1./s1. The number of carbonyl (C=O) groups is 1. The monoisotopic (exact) mass is 506 g/mol. The molecule has 0 saturated heterocycles. The summed E-state index contributed by atoms with van der Waals surface area (Å²) in [6, 6.07) is 0. The summed E-state index contributed by atoms with van der Waals surface area (Å²) >= 11 is 0. The summed E-state index contributed by atoms with van der Waals surface area (Å²) in [5, 5.41) is 25.4. The van der Waals surface area contributed by atoms with E-state index < -0.39 is 12.6 Å². The summed E-state index contributed by atoms with van der Waals surface area (Å²) in [6.07, 6.45) is 14.1. The second-order valence-corrected chi connectivity index (χ2v) is 12.0. The summed E-state index contributed by atoms with van der Waals surface area (Å²) < 4.78 is 6.60. The molecule has 1 aromatic rings. The molecule has 0 spiro atoms. The minimum atomic E-state index is -1.19. The Balaban J connectivity index is 0.00000118. The first-order valence-electron chi connectivity index (χ1n) is 14.1. The molecule has 0 aliphatic carbocycles. The molecule has 0 radical (unpaired) electrons. The average molecular weight is 507 g/mol. The van der Waals surface area contributed by atoms with Gasteiger partial charge in [0.25, 0.3) is 0 Å². The summed E-state index contributed by atoms with van der Waals surface area (Å²) in [5.74, 6) is 2.85. The van der Waals surface area contributed by atoms with E-state index in [0.717, 1.165) is 59.5 Å². The van der Waals surface area contributed by atoms with Crippen molar-refractivity contribution in [2.24, 2.45) is 17.8 Å². The van der Waals surface area contributed by atoms with Gasteiger partial charge in [0, 0.05) is 5.56 Å². The minimum absolute atomic E-state index is 0.0712. The molecule has 3 N–H and O–H groups in total. The van der Waals surface area contributed by atoms with Gasteiger partial charge in [-0.05, 0) is 87.8 Å². The zero-order chi connectivity index (χ0) is 27.5. The second kappa shape index (κ2) is 15.5. The van der Waals surface area contributed by atoms with Crippen LogP contribution in [0.15, 0.2) is 0 Å². The molecule has 0 amide bonds. The molecule has 1 heterocycles. The van der Waals surface area contributed by atoms with Crippen LogP contribution in [0.25, 0.3) is 0 Å². The van der Waals surface area contributed by atoms with E-state index in [-0.39, 0.29) is 5.60 Å². The van der Waals surface area contributed by atoms with Crippen LogP contribution in [-0.4, -0.2) is 33.5 Å². The van der Waals surface area contributed by atoms with Crippen LogP contribution in [0.3, 0.4) is 0 Å². The number of aromatic hydroxyl groups is 1. The zero-order valence-corrected chi connectivity index (χ0v) is 24.4. The van der Waals surface area contributed by atoms with E-state index in [0.29, 0.717) is 5.75 Å². The quantitative estimate of drug-likeness (QED) is 0.253. The molecule has 0 saturated carbocycles. The van der Waals surface area contributed by atoms with Crippen LogP contribution in [0, 0.1) is 38.5 Å². The Hall–Kier alpha value is -1.75. The highest BCUT2D eigenvalue weighted by Crippen LogP contribution is 2.44. The number of fused-ring (bicyclic) bond motifs is 1. The van der Waals surface area contributed by atoms with Crippen LogP contribution < -0.4 is 4.74 Å². The van der Waals surface area contributed by atoms with E-state index >= 15 is 0 Å². The number of ether oxygens (including phenoxy) is 1. The van der Waals surface area contributed by atoms with E-state index in [1.165, 1.54) is 56.9 Å². The summed E-state index contributed by atoms with van der Waals surface area (Å²) in [7, 11) is 0. The van der Waals surface area contributed by atoms with Crippen molar-refractivity contribution in [1.29, 1.82) is 0 Å². The van der Waals surface area contributed by atoms with Crippen LogP contribution in [0.5, 0.6) is 11.5 Å². The summed E-state index contributed by atoms with van der Waals surface area (Å²) in [5.41, 5.74) is 4.23. The van der Waals surface area contributed by atoms with E-state index in [4.69, 9.17) is 19.7 Å². The molecule has 0 aromatic heterocycles. The number of aliphatic hydroxyl groups excluding tert-OH is 1. The summed E-state index contributed by atoms with van der Waals surface area (Å²) in [4.78, 5) is 9.12. The smallest absolute Gasteiger partial charge is 0.329 e. The largest absolute Gasteiger partial charge is 0.507 e. The maximum atomic E-state index is 10.4. The number of carboxylic acid groups (broad SMARTS) is 1. The molecule has 2 unspecified atom stereocenters. The highest BCUT2D eigenvalue weighted by Gasteiger charge is 2.34. The minimum Gasteiger partial charge on any atom is -0.507 e. The molecule has 36 heavy (non-hydrogen) atoms. The molecular weight excluding hydrogens is 452 g/mol. The number of aliphatic hydroxyl groups is 1. The van der Waals surface area contributed by atoms with Crippen LogP contribution >= 0.6 is 0 Å². The Labute approximate surface area is 220 Å². The number of phenols is 1. The van der Waals surface area contributed by atoms with Crippen molar-refractivity contribution < 1.29 is 24.9 Å². The molecule has 1 aliphatic rings. The Bertz CT molecular complexity index is 816. The van der Waals surface area contributed by atoms with Crippen molar-refractivity contribution in [2.75, 3.05) is 6.61 Å². The third-order valence-electron chi connectivity index (χ3n) is 8.00. The lowest BCUT2D eigenvalue weighted by molar-refractivity contribution is -0.140. The van der Waals surface area contributed by atoms with Gasteiger partial charge in [0.15, 0.2) is 0 Å². The van der Waals surface area contributed by atoms with Crippen molar-refractivity contribution in [3.8, 4) is 11.5 Å². The molecule has 1 aromatic carbocycles. The van der Waals surface area contributed by atoms with Gasteiger partial charge in [-0.2, -0.15) is 0 Å². The maximum absolute atomic E-state index is 10.4. The molecule has 0 fully saturated rings. The fraction of sp³-hybridized carbons (Fsp3) is 0.774. The zero-order valence-electron chi connectivity index (χ0n) is 24.4. The molecular formula is C31H54O5. The van der Waals surface area contributed by atoms with E-state index in [9.17, 15) is 5.11 Å². The van der Waals surface area contributed by atoms with E-state index in [2.05, 4.69) is 41.5 Å². The van der Waals surface area contributed by atoms with Crippen molar-refractivity contribution in [2.45, 2.75) is 132 Å². The molecule has 2 rings (SSSR count). The number of hydrogen-bond acceptors (Lipinski definition) is 4. The number of hydrogen-bond donors (Lipinski definition) is 3. The normalized spacial score (nSPS) is 18.6. The molecule has 1 aliphatic heterocycles. The van der Waals surface area contributed by atoms with Gasteiger partial charge in [0.1, 0.15) is 23.7 Å². The predicted octanol–water partition coefficient (Wildman–Crippen LogP) is 7.90. The highest BCUT2D eigenvalue weighted by atomic mass is 16.5. The van der Waals surface area contributed by atoms with Gasteiger partial charge in [-0.15, -0.1) is 0 Å². The first-order valence-corrected chi connectivity index (χ1v) is 14.1. The van der Waals surface area contributed by atoms with Gasteiger partial charge >= 0.3 is 5.97 Å². The number of rotatable bonds is 13. The van der Waals surface area contributed by atoms with Gasteiger partial charge in [-0.25, -0.2) is 4.79 Å². The van der Waals surface area contributed by atoms with Crippen LogP contribution in [0.1, 0.15) is 121 Å². The first-order chi connectivity index (χ1) is 16.8. The van der Waals surface area contributed by atoms with Gasteiger partial charge in [0.2, 0.25) is 0 Å². The fourth-order valence-electron chi connectivity index (χ4n) is 5.27. The number of benzene rings is 1. The first kappa shape index (κ1) is 32.3. The molecule has 208 valence electrons. The Kier molecular flexibility index (Phi) is 13.9. The highest BCUT2D eigenvalue weighted by molar-refractivity contribution is 5.67. The van der Waals surface area contributed by atoms with E-state index in [1.807, 2.05) is 13.8 Å². The van der Waals surface area contributed by atoms with Crippen LogP contribution in [0.2, 0.25) is 0 Å². The van der Waals surface area contributed by atoms with Crippen molar-refractivity contribution in [1.82, 2.24) is 0 Å². The lowest BCUT2D eigenvalue weighted by atomic mass is 9.84. The van der Waals surface area contributed by atoms with Crippen LogP contribution in [-0.2, 0) is 11.2 Å². The van der Waals surface area contributed by atoms with Gasteiger partial charge < -0.3 is 20.1 Å². The van der Waals surface area contributed by atoms with Gasteiger partial charge in [0.05, 0.1) is 0 Å². The lowest BCUT2D eigenvalue weighted by Gasteiger charge is -2.38. The number of phenolic OH excluding ortho intramolecular Hbond substituents is 1. The Morgan fingerprint density at radius 1 is 0.889 bits per heavy atom. The van der Waals surface area contributed by atoms with Gasteiger partial charge in [-0.3, -0.25) is 0 Å². The predicted molar refractivity (Wildman–Crippen MR) is 149 cm³/mol. The van der Waals surface area contributed by atoms with Crippen molar-refractivity contribution >= 4 is 5.97 Å². The maximum Gasteiger partial charge on any atom is 0.329 e. The van der Waals surface area contributed by atoms with E-state index in [1.54, 1.807) is 0 Å². The molecule has 5 nitrogen and oxygen atoms in total. The fourth-order valence-corrected chi connectivity index (χ4v) is 5.27. The third kappa shape index (κ3) is 10.7. The second-order valence-electron chi connectivity index (χ2n) is 12.0. The van der Waals surface area contributed by atoms with Crippen molar-refractivity contribution in [3.63, 3.8) is 0 Å². The summed E-state index contributed by atoms with van der Waals surface area (Å²) in [6.45, 7) is 17.2. The third-order valence-corrected chi connectivity index (χ3v) is 8.00. The van der Waals surface area contributed by atoms with Crippen molar-refractivity contribution in [3.05, 3.63) is 22.3 Å². The molecule has 3 atom stereocenters. The van der Waals surface area contributed by atoms with Gasteiger partial charge in [-0.1, -0.05) is 72.6 Å². The average Bonchev–Trinajstić information content (AvgIpc) is 2.81. The topological polar surface area (TPSA) is 87.0 Å². The SMILES string of the molecule is Cc1c(C)c2c(c(C)c1O)CC[C@@](C)(CCCC(C)CCCC(C)CCCC(C)C)O2.O=C(O)CO. The Morgan fingerprint density at radius 2 is 1.39 bits per heavy atom. The lowest BCUT2D eigenvalue weighted by Crippen LogP contribution is -2.37. The molecule has 5 heteroatoms. The Morgan fingerprint density at radius 3 is 1.89 bits per heavy atom.